The Kier molecular flexibility index (Phi) is 5.21. The summed E-state index contributed by atoms with van der Waals surface area (Å²) in [5.41, 5.74) is 1.16. The average Bonchev–Trinajstić information content (AvgIpc) is 3.59. The number of carbonyl (C=O) groups is 2. The summed E-state index contributed by atoms with van der Waals surface area (Å²) >= 11 is 0. The highest BCUT2D eigenvalue weighted by Gasteiger charge is 2.30. The fraction of sp³-hybridized carbons (Fsp3) is 0.400. The van der Waals surface area contributed by atoms with Crippen LogP contribution in [0.1, 0.15) is 23.2 Å². The SMILES string of the molecule is CN(C(=O)c1ccnc(NC(=O)C2CC2)c1)c1ccc(N2CCOCC2)nc1. The Morgan fingerprint density at radius 3 is 2.64 bits per heavy atom. The number of nitrogens with zero attached hydrogens (tertiary/aromatic N) is 4. The van der Waals surface area contributed by atoms with E-state index in [-0.39, 0.29) is 17.7 Å². The quantitative estimate of drug-likeness (QED) is 0.852. The molecule has 2 aromatic heterocycles. The molecule has 0 unspecified atom stereocenters. The summed E-state index contributed by atoms with van der Waals surface area (Å²) < 4.78 is 5.36. The molecular formula is C20H23N5O3. The predicted molar refractivity (Wildman–Crippen MR) is 106 cm³/mol. The average molecular weight is 381 g/mol. The molecule has 0 aromatic carbocycles. The minimum atomic E-state index is -0.190. The van der Waals surface area contributed by atoms with E-state index in [9.17, 15) is 9.59 Å². The fourth-order valence-electron chi connectivity index (χ4n) is 3.07. The lowest BCUT2D eigenvalue weighted by atomic mass is 10.2. The van der Waals surface area contributed by atoms with Crippen LogP contribution < -0.4 is 15.1 Å². The number of carbonyl (C=O) groups excluding carboxylic acids is 2. The topological polar surface area (TPSA) is 87.7 Å². The number of anilines is 3. The van der Waals surface area contributed by atoms with Gasteiger partial charge in [0.05, 0.1) is 25.1 Å². The number of hydrogen-bond donors (Lipinski definition) is 1. The van der Waals surface area contributed by atoms with E-state index in [1.807, 2.05) is 12.1 Å². The molecule has 1 saturated heterocycles. The molecule has 0 bridgehead atoms. The molecule has 2 fully saturated rings. The number of hydrogen-bond acceptors (Lipinski definition) is 6. The van der Waals surface area contributed by atoms with Gasteiger partial charge in [0.1, 0.15) is 11.6 Å². The maximum absolute atomic E-state index is 12.8. The van der Waals surface area contributed by atoms with E-state index < -0.39 is 0 Å². The molecule has 4 rings (SSSR count). The van der Waals surface area contributed by atoms with Gasteiger partial charge in [0.2, 0.25) is 5.91 Å². The van der Waals surface area contributed by atoms with Crippen molar-refractivity contribution >= 4 is 29.1 Å². The Morgan fingerprint density at radius 1 is 1.18 bits per heavy atom. The smallest absolute Gasteiger partial charge is 0.258 e. The van der Waals surface area contributed by atoms with Crippen LogP contribution in [0.15, 0.2) is 36.7 Å². The number of pyridine rings is 2. The Morgan fingerprint density at radius 2 is 1.96 bits per heavy atom. The third kappa shape index (κ3) is 4.12. The first-order valence-electron chi connectivity index (χ1n) is 9.45. The van der Waals surface area contributed by atoms with Crippen molar-refractivity contribution in [3.63, 3.8) is 0 Å². The van der Waals surface area contributed by atoms with E-state index in [0.717, 1.165) is 31.7 Å². The molecule has 28 heavy (non-hydrogen) atoms. The highest BCUT2D eigenvalue weighted by Crippen LogP contribution is 2.30. The van der Waals surface area contributed by atoms with Crippen LogP contribution in [0.4, 0.5) is 17.3 Å². The van der Waals surface area contributed by atoms with Gasteiger partial charge in [-0.3, -0.25) is 9.59 Å². The van der Waals surface area contributed by atoms with Crippen molar-refractivity contribution in [2.45, 2.75) is 12.8 Å². The molecule has 0 atom stereocenters. The lowest BCUT2D eigenvalue weighted by Crippen LogP contribution is -2.36. The van der Waals surface area contributed by atoms with E-state index in [2.05, 4.69) is 20.2 Å². The summed E-state index contributed by atoms with van der Waals surface area (Å²) in [6, 6.07) is 7.04. The lowest BCUT2D eigenvalue weighted by Gasteiger charge is -2.28. The van der Waals surface area contributed by atoms with Crippen LogP contribution in [0.25, 0.3) is 0 Å². The van der Waals surface area contributed by atoms with Crippen LogP contribution in [0.3, 0.4) is 0 Å². The van der Waals surface area contributed by atoms with Gasteiger partial charge in [-0.05, 0) is 37.1 Å². The summed E-state index contributed by atoms with van der Waals surface area (Å²) in [7, 11) is 1.70. The van der Waals surface area contributed by atoms with Crippen molar-refractivity contribution in [1.82, 2.24) is 9.97 Å². The Balaban J connectivity index is 1.44. The normalized spacial score (nSPS) is 16.5. The maximum atomic E-state index is 12.8. The third-order valence-corrected chi connectivity index (χ3v) is 4.97. The van der Waals surface area contributed by atoms with Gasteiger partial charge in [0.25, 0.3) is 5.91 Å². The molecule has 2 amide bonds. The van der Waals surface area contributed by atoms with E-state index in [1.54, 1.807) is 25.4 Å². The van der Waals surface area contributed by atoms with Gasteiger partial charge in [0.15, 0.2) is 0 Å². The van der Waals surface area contributed by atoms with Gasteiger partial charge >= 0.3 is 0 Å². The highest BCUT2D eigenvalue weighted by molar-refractivity contribution is 6.06. The van der Waals surface area contributed by atoms with Crippen LogP contribution in [-0.2, 0) is 9.53 Å². The van der Waals surface area contributed by atoms with Crippen LogP contribution in [-0.4, -0.2) is 55.1 Å². The number of amides is 2. The molecule has 0 spiro atoms. The number of nitrogens with one attached hydrogen (secondary N) is 1. The van der Waals surface area contributed by atoms with E-state index in [4.69, 9.17) is 4.74 Å². The van der Waals surface area contributed by atoms with Crippen LogP contribution in [0.5, 0.6) is 0 Å². The second kappa shape index (κ2) is 7.93. The zero-order valence-corrected chi connectivity index (χ0v) is 15.8. The molecule has 8 heteroatoms. The molecule has 2 aliphatic rings. The minimum absolute atomic E-state index is 0.0339. The molecule has 2 aromatic rings. The minimum Gasteiger partial charge on any atom is -0.378 e. The second-order valence-corrected chi connectivity index (χ2v) is 7.03. The maximum Gasteiger partial charge on any atom is 0.258 e. The van der Waals surface area contributed by atoms with Crippen molar-refractivity contribution in [3.05, 3.63) is 42.2 Å². The molecule has 3 heterocycles. The van der Waals surface area contributed by atoms with Gasteiger partial charge in [-0.2, -0.15) is 0 Å². The number of aromatic nitrogens is 2. The first-order valence-corrected chi connectivity index (χ1v) is 9.45. The van der Waals surface area contributed by atoms with Gasteiger partial charge < -0.3 is 19.9 Å². The monoisotopic (exact) mass is 381 g/mol. The van der Waals surface area contributed by atoms with Crippen LogP contribution in [0.2, 0.25) is 0 Å². The van der Waals surface area contributed by atoms with Gasteiger partial charge in [-0.25, -0.2) is 9.97 Å². The first kappa shape index (κ1) is 18.4. The molecule has 146 valence electrons. The summed E-state index contributed by atoms with van der Waals surface area (Å²) in [5.74, 6) is 1.14. The lowest BCUT2D eigenvalue weighted by molar-refractivity contribution is -0.117. The van der Waals surface area contributed by atoms with Crippen LogP contribution in [0, 0.1) is 5.92 Å². The molecule has 1 N–H and O–H groups in total. The first-order chi connectivity index (χ1) is 13.6. The Hall–Kier alpha value is -3.00. The third-order valence-electron chi connectivity index (χ3n) is 4.97. The van der Waals surface area contributed by atoms with Gasteiger partial charge in [-0.15, -0.1) is 0 Å². The van der Waals surface area contributed by atoms with E-state index in [1.165, 1.54) is 11.1 Å². The Bertz CT molecular complexity index is 860. The van der Waals surface area contributed by atoms with Crippen molar-refractivity contribution in [1.29, 1.82) is 0 Å². The van der Waals surface area contributed by atoms with E-state index in [0.29, 0.717) is 30.3 Å². The summed E-state index contributed by atoms with van der Waals surface area (Å²) in [6.07, 6.45) is 5.06. The number of ether oxygens (including phenoxy) is 1. The number of morpholine rings is 1. The zero-order valence-electron chi connectivity index (χ0n) is 15.8. The summed E-state index contributed by atoms with van der Waals surface area (Å²) in [4.78, 5) is 37.1. The standard InChI is InChI=1S/C20H23N5O3/c1-24(16-4-5-18(22-13-16)25-8-10-28-11-9-25)20(27)15-6-7-21-17(12-15)23-19(26)14-2-3-14/h4-7,12-14H,2-3,8-11H2,1H3,(H,21,23,26). The Labute approximate surface area is 163 Å². The molecule has 8 nitrogen and oxygen atoms in total. The largest absolute Gasteiger partial charge is 0.378 e. The predicted octanol–water partition coefficient (Wildman–Crippen LogP) is 1.94. The summed E-state index contributed by atoms with van der Waals surface area (Å²) in [5, 5.41) is 2.77. The second-order valence-electron chi connectivity index (χ2n) is 7.03. The number of rotatable bonds is 5. The molecule has 0 radical (unpaired) electrons. The van der Waals surface area contributed by atoms with Crippen molar-refractivity contribution in [2.75, 3.05) is 48.5 Å². The zero-order chi connectivity index (χ0) is 19.5. The van der Waals surface area contributed by atoms with Gasteiger partial charge in [-0.1, -0.05) is 0 Å². The van der Waals surface area contributed by atoms with Gasteiger partial charge in [0, 0.05) is 37.8 Å². The van der Waals surface area contributed by atoms with Crippen molar-refractivity contribution < 1.29 is 14.3 Å². The van der Waals surface area contributed by atoms with E-state index >= 15 is 0 Å². The van der Waals surface area contributed by atoms with Crippen molar-refractivity contribution in [2.24, 2.45) is 5.92 Å². The highest BCUT2D eigenvalue weighted by atomic mass is 16.5. The molecule has 1 saturated carbocycles. The van der Waals surface area contributed by atoms with Crippen LogP contribution >= 0.6 is 0 Å². The molecular weight excluding hydrogens is 358 g/mol. The summed E-state index contributed by atoms with van der Waals surface area (Å²) in [6.45, 7) is 3.02. The fourth-order valence-corrected chi connectivity index (χ4v) is 3.07. The molecule has 1 aliphatic heterocycles. The molecule has 1 aliphatic carbocycles. The van der Waals surface area contributed by atoms with Crippen molar-refractivity contribution in [3.8, 4) is 0 Å².